The van der Waals surface area contributed by atoms with E-state index in [4.69, 9.17) is 0 Å². The molecule has 17 heavy (non-hydrogen) atoms. The summed E-state index contributed by atoms with van der Waals surface area (Å²) in [7, 11) is 0. The average molecular weight is 241 g/mol. The molecular weight excluding hydrogens is 222 g/mol. The molecule has 1 N–H and O–H groups in total. The van der Waals surface area contributed by atoms with Gasteiger partial charge in [0.1, 0.15) is 6.54 Å². The summed E-state index contributed by atoms with van der Waals surface area (Å²) in [5.74, 6) is -0.860. The lowest BCUT2D eigenvalue weighted by atomic mass is 10.2. The molecule has 1 unspecified atom stereocenters. The molecule has 0 spiro atoms. The van der Waals surface area contributed by atoms with Crippen LogP contribution in [0.3, 0.4) is 0 Å². The van der Waals surface area contributed by atoms with Crippen molar-refractivity contribution < 1.29 is 14.4 Å². The van der Waals surface area contributed by atoms with E-state index in [1.807, 2.05) is 13.8 Å². The maximum atomic E-state index is 11.8. The van der Waals surface area contributed by atoms with Crippen molar-refractivity contribution in [3.8, 4) is 0 Å². The zero-order chi connectivity index (χ0) is 13.0. The smallest absolute Gasteiger partial charge is 0.246 e. The molecule has 0 radical (unpaired) electrons. The number of likely N-dealkylation sites (N-methyl/N-ethyl adjacent to an activating group) is 1. The summed E-state index contributed by atoms with van der Waals surface area (Å²) in [6, 6.07) is -0.405. The number of piperazine rings is 1. The molecule has 6 nitrogen and oxygen atoms in total. The Kier molecular flexibility index (Phi) is 4.62. The molecule has 1 aliphatic heterocycles. The molecule has 6 heteroatoms. The van der Waals surface area contributed by atoms with Crippen molar-refractivity contribution >= 4 is 17.7 Å². The first kappa shape index (κ1) is 13.6. The van der Waals surface area contributed by atoms with Gasteiger partial charge < -0.3 is 4.90 Å². The van der Waals surface area contributed by atoms with Crippen LogP contribution in [0.1, 0.15) is 20.8 Å². The van der Waals surface area contributed by atoms with Crippen LogP contribution in [0, 0.1) is 0 Å². The van der Waals surface area contributed by atoms with Gasteiger partial charge in [-0.2, -0.15) is 0 Å². The van der Waals surface area contributed by atoms with Crippen LogP contribution in [0.4, 0.5) is 0 Å². The van der Waals surface area contributed by atoms with E-state index in [0.29, 0.717) is 13.1 Å². The fraction of sp³-hybridized carbons (Fsp3) is 0.727. The van der Waals surface area contributed by atoms with Crippen LogP contribution in [-0.2, 0) is 14.4 Å². The largest absolute Gasteiger partial charge is 0.342 e. The number of nitrogens with zero attached hydrogens (tertiary/aromatic N) is 2. The fourth-order valence-corrected chi connectivity index (χ4v) is 1.76. The van der Waals surface area contributed by atoms with Crippen LogP contribution in [0.25, 0.3) is 0 Å². The molecule has 3 amide bonds. The highest BCUT2D eigenvalue weighted by Gasteiger charge is 2.33. The maximum Gasteiger partial charge on any atom is 0.246 e. The third-order valence-corrected chi connectivity index (χ3v) is 2.91. The molecule has 0 aromatic heterocycles. The standard InChI is InChI=1S/C11H19N3O3/c1-4-13(5-2)10(16)7-14-9(15)6-12-8(3)11(14)17/h8,12H,4-7H2,1-3H3. The minimum Gasteiger partial charge on any atom is -0.342 e. The number of amides is 3. The fourth-order valence-electron chi connectivity index (χ4n) is 1.76. The molecule has 0 bridgehead atoms. The van der Waals surface area contributed by atoms with Crippen molar-refractivity contribution in [3.05, 3.63) is 0 Å². The van der Waals surface area contributed by atoms with Crippen LogP contribution in [-0.4, -0.2) is 59.7 Å². The number of rotatable bonds is 4. The van der Waals surface area contributed by atoms with Gasteiger partial charge in [0.2, 0.25) is 17.7 Å². The Morgan fingerprint density at radius 1 is 1.41 bits per heavy atom. The molecule has 1 aliphatic rings. The van der Waals surface area contributed by atoms with E-state index < -0.39 is 6.04 Å². The van der Waals surface area contributed by atoms with Crippen molar-refractivity contribution in [2.45, 2.75) is 26.8 Å². The number of nitrogens with one attached hydrogen (secondary N) is 1. The van der Waals surface area contributed by atoms with Crippen molar-refractivity contribution in [1.29, 1.82) is 0 Å². The first-order valence-electron chi connectivity index (χ1n) is 5.86. The van der Waals surface area contributed by atoms with Gasteiger partial charge in [-0.1, -0.05) is 0 Å². The van der Waals surface area contributed by atoms with E-state index in [0.717, 1.165) is 4.90 Å². The minimum atomic E-state index is -0.405. The molecule has 1 saturated heterocycles. The Labute approximate surface area is 101 Å². The molecule has 0 aromatic rings. The summed E-state index contributed by atoms with van der Waals surface area (Å²) in [6.07, 6.45) is 0. The number of hydrogen-bond donors (Lipinski definition) is 1. The minimum absolute atomic E-state index is 0.110. The average Bonchev–Trinajstić information content (AvgIpc) is 2.31. The Morgan fingerprint density at radius 2 is 2.00 bits per heavy atom. The third kappa shape index (κ3) is 3.03. The lowest BCUT2D eigenvalue weighted by Gasteiger charge is -2.30. The van der Waals surface area contributed by atoms with Crippen molar-refractivity contribution in [3.63, 3.8) is 0 Å². The SMILES string of the molecule is CCN(CC)C(=O)CN1C(=O)CNC(C)C1=O. The first-order chi connectivity index (χ1) is 8.01. The van der Waals surface area contributed by atoms with E-state index in [1.165, 1.54) is 0 Å². The highest BCUT2D eigenvalue weighted by atomic mass is 16.2. The predicted molar refractivity (Wildman–Crippen MR) is 62.1 cm³/mol. The zero-order valence-corrected chi connectivity index (χ0v) is 10.5. The van der Waals surface area contributed by atoms with Gasteiger partial charge in [0.15, 0.2) is 0 Å². The van der Waals surface area contributed by atoms with Crippen LogP contribution in [0.2, 0.25) is 0 Å². The van der Waals surface area contributed by atoms with Crippen LogP contribution in [0.5, 0.6) is 0 Å². The molecule has 96 valence electrons. The summed E-state index contributed by atoms with van der Waals surface area (Å²) in [4.78, 5) is 37.8. The second-order valence-corrected chi connectivity index (χ2v) is 3.99. The van der Waals surface area contributed by atoms with Gasteiger partial charge in [0.25, 0.3) is 0 Å². The maximum absolute atomic E-state index is 11.8. The van der Waals surface area contributed by atoms with Crippen molar-refractivity contribution in [2.24, 2.45) is 0 Å². The highest BCUT2D eigenvalue weighted by molar-refractivity contribution is 6.03. The molecule has 0 saturated carbocycles. The predicted octanol–water partition coefficient (Wildman–Crippen LogP) is -0.798. The van der Waals surface area contributed by atoms with Crippen molar-refractivity contribution in [1.82, 2.24) is 15.1 Å². The van der Waals surface area contributed by atoms with E-state index in [2.05, 4.69) is 5.32 Å². The van der Waals surface area contributed by atoms with Crippen LogP contribution in [0.15, 0.2) is 0 Å². The summed E-state index contributed by atoms with van der Waals surface area (Å²) >= 11 is 0. The first-order valence-corrected chi connectivity index (χ1v) is 5.86. The molecule has 0 aromatic carbocycles. The van der Waals surface area contributed by atoms with Gasteiger partial charge in [0, 0.05) is 13.1 Å². The van der Waals surface area contributed by atoms with Crippen LogP contribution < -0.4 is 5.32 Å². The van der Waals surface area contributed by atoms with Crippen LogP contribution >= 0.6 is 0 Å². The van der Waals surface area contributed by atoms with Crippen molar-refractivity contribution in [2.75, 3.05) is 26.2 Å². The van der Waals surface area contributed by atoms with E-state index in [-0.39, 0.29) is 30.8 Å². The summed E-state index contributed by atoms with van der Waals surface area (Å²) in [6.45, 7) is 6.54. The Balaban J connectivity index is 2.68. The van der Waals surface area contributed by atoms with E-state index in [9.17, 15) is 14.4 Å². The number of imide groups is 1. The molecule has 1 fully saturated rings. The lowest BCUT2D eigenvalue weighted by molar-refractivity contribution is -0.153. The Morgan fingerprint density at radius 3 is 2.53 bits per heavy atom. The number of carbonyl (C=O) groups excluding carboxylic acids is 3. The Bertz CT molecular complexity index is 326. The molecule has 1 rings (SSSR count). The van der Waals surface area contributed by atoms with Gasteiger partial charge in [-0.15, -0.1) is 0 Å². The quantitative estimate of drug-likeness (QED) is 0.654. The van der Waals surface area contributed by atoms with Gasteiger partial charge >= 0.3 is 0 Å². The summed E-state index contributed by atoms with van der Waals surface area (Å²) < 4.78 is 0. The monoisotopic (exact) mass is 241 g/mol. The number of hydrogen-bond acceptors (Lipinski definition) is 4. The van der Waals surface area contributed by atoms with Gasteiger partial charge in [-0.3, -0.25) is 24.6 Å². The second kappa shape index (κ2) is 5.77. The van der Waals surface area contributed by atoms with Gasteiger partial charge in [0.05, 0.1) is 12.6 Å². The third-order valence-electron chi connectivity index (χ3n) is 2.91. The highest BCUT2D eigenvalue weighted by Crippen LogP contribution is 2.03. The van der Waals surface area contributed by atoms with E-state index >= 15 is 0 Å². The second-order valence-electron chi connectivity index (χ2n) is 3.99. The molecular formula is C11H19N3O3. The molecule has 1 atom stereocenters. The normalized spacial score (nSPS) is 20.6. The summed E-state index contributed by atoms with van der Waals surface area (Å²) in [5.41, 5.74) is 0. The van der Waals surface area contributed by atoms with Gasteiger partial charge in [-0.05, 0) is 20.8 Å². The Hall–Kier alpha value is -1.43. The topological polar surface area (TPSA) is 69.7 Å². The zero-order valence-electron chi connectivity index (χ0n) is 10.5. The molecule has 0 aliphatic carbocycles. The van der Waals surface area contributed by atoms with Gasteiger partial charge in [-0.25, -0.2) is 0 Å². The lowest BCUT2D eigenvalue weighted by Crippen LogP contribution is -2.59. The molecule has 1 heterocycles. The number of carbonyl (C=O) groups is 3. The van der Waals surface area contributed by atoms with E-state index in [1.54, 1.807) is 11.8 Å². The summed E-state index contributed by atoms with van der Waals surface area (Å²) in [5, 5.41) is 2.78.